The van der Waals surface area contributed by atoms with Gasteiger partial charge in [-0.2, -0.15) is 0 Å². The number of fused-ring (bicyclic) bond motifs is 1. The highest BCUT2D eigenvalue weighted by atomic mass is 16.5. The van der Waals surface area contributed by atoms with E-state index in [1.807, 2.05) is 4.57 Å². The van der Waals surface area contributed by atoms with E-state index >= 15 is 0 Å². The van der Waals surface area contributed by atoms with Crippen molar-refractivity contribution in [3.63, 3.8) is 0 Å². The van der Waals surface area contributed by atoms with Crippen molar-refractivity contribution in [2.24, 2.45) is 5.92 Å². The topological polar surface area (TPSA) is 101 Å². The molecule has 3 aromatic rings. The number of rotatable bonds is 8. The summed E-state index contributed by atoms with van der Waals surface area (Å²) in [6, 6.07) is 6.64. The van der Waals surface area contributed by atoms with Gasteiger partial charge in [0.25, 0.3) is 5.91 Å². The number of amides is 1. The molecule has 0 fully saturated rings. The van der Waals surface area contributed by atoms with Crippen LogP contribution in [0.25, 0.3) is 11.0 Å². The first kappa shape index (κ1) is 22.9. The molecule has 9 heteroatoms. The molecule has 0 aliphatic rings. The first-order valence-corrected chi connectivity index (χ1v) is 10.0. The fourth-order valence-corrected chi connectivity index (χ4v) is 3.42. The number of pyridine rings is 2. The van der Waals surface area contributed by atoms with E-state index in [1.165, 1.54) is 28.4 Å². The molecule has 3 rings (SSSR count). The Hall–Kier alpha value is -3.75. The quantitative estimate of drug-likeness (QED) is 0.572. The average molecular weight is 441 g/mol. The summed E-state index contributed by atoms with van der Waals surface area (Å²) in [5.74, 6) is 1.16. The standard InChI is InChI=1S/C23H27N3O6/c1-13(2)11-26-12-15(21(27)20-16(26)7-8-19(25-20)31-5)23(28)24-14-9-17(29-3)22(32-6)18(10-14)30-4/h7-10,12-13H,11H2,1-6H3,(H,24,28). The second-order valence-electron chi connectivity index (χ2n) is 7.51. The van der Waals surface area contributed by atoms with Gasteiger partial charge in [0.15, 0.2) is 11.5 Å². The molecule has 0 saturated carbocycles. The molecule has 0 unspecified atom stereocenters. The van der Waals surface area contributed by atoms with Crippen LogP contribution in [0.1, 0.15) is 24.2 Å². The maximum Gasteiger partial charge on any atom is 0.261 e. The number of nitrogens with zero attached hydrogens (tertiary/aromatic N) is 2. The van der Waals surface area contributed by atoms with Crippen LogP contribution in [0.2, 0.25) is 0 Å². The van der Waals surface area contributed by atoms with Crippen molar-refractivity contribution in [2.45, 2.75) is 20.4 Å². The second-order valence-corrected chi connectivity index (χ2v) is 7.51. The van der Waals surface area contributed by atoms with Crippen molar-refractivity contribution in [3.05, 3.63) is 46.2 Å². The van der Waals surface area contributed by atoms with Gasteiger partial charge in [-0.1, -0.05) is 13.8 Å². The van der Waals surface area contributed by atoms with E-state index in [1.54, 1.807) is 30.5 Å². The molecule has 0 bridgehead atoms. The van der Waals surface area contributed by atoms with E-state index in [4.69, 9.17) is 18.9 Å². The third-order valence-corrected chi connectivity index (χ3v) is 4.84. The second kappa shape index (κ2) is 9.59. The minimum absolute atomic E-state index is 0.0346. The molecule has 1 N–H and O–H groups in total. The monoisotopic (exact) mass is 441 g/mol. The Morgan fingerprint density at radius 1 is 1.03 bits per heavy atom. The van der Waals surface area contributed by atoms with Gasteiger partial charge in [0.2, 0.25) is 17.1 Å². The van der Waals surface area contributed by atoms with Crippen molar-refractivity contribution in [3.8, 4) is 23.1 Å². The highest BCUT2D eigenvalue weighted by molar-refractivity contribution is 6.05. The van der Waals surface area contributed by atoms with Gasteiger partial charge in [-0.25, -0.2) is 4.98 Å². The Morgan fingerprint density at radius 3 is 2.22 bits per heavy atom. The SMILES string of the molecule is COc1ccc2c(n1)c(=O)c(C(=O)Nc1cc(OC)c(OC)c(OC)c1)cn2CC(C)C. The van der Waals surface area contributed by atoms with Crippen LogP contribution in [0, 0.1) is 5.92 Å². The van der Waals surface area contributed by atoms with E-state index in [0.717, 1.165) is 0 Å². The van der Waals surface area contributed by atoms with Gasteiger partial charge in [0, 0.05) is 36.6 Å². The number of hydrogen-bond acceptors (Lipinski definition) is 7. The maximum absolute atomic E-state index is 13.2. The highest BCUT2D eigenvalue weighted by Gasteiger charge is 2.20. The van der Waals surface area contributed by atoms with Crippen LogP contribution in [-0.2, 0) is 6.54 Å². The van der Waals surface area contributed by atoms with Gasteiger partial charge in [-0.15, -0.1) is 0 Å². The smallest absolute Gasteiger partial charge is 0.261 e. The van der Waals surface area contributed by atoms with Crippen LogP contribution < -0.4 is 29.7 Å². The van der Waals surface area contributed by atoms with Gasteiger partial charge in [0.05, 0.1) is 34.0 Å². The molecule has 2 heterocycles. The fraction of sp³-hybridized carbons (Fsp3) is 0.348. The summed E-state index contributed by atoms with van der Waals surface area (Å²) >= 11 is 0. The lowest BCUT2D eigenvalue weighted by Crippen LogP contribution is -2.25. The lowest BCUT2D eigenvalue weighted by atomic mass is 10.1. The first-order valence-electron chi connectivity index (χ1n) is 10.0. The van der Waals surface area contributed by atoms with Crippen molar-refractivity contribution >= 4 is 22.6 Å². The van der Waals surface area contributed by atoms with Crippen LogP contribution in [0.3, 0.4) is 0 Å². The van der Waals surface area contributed by atoms with Crippen LogP contribution >= 0.6 is 0 Å². The number of benzene rings is 1. The first-order chi connectivity index (χ1) is 15.3. The Bertz CT molecular complexity index is 1180. The molecule has 1 aromatic carbocycles. The predicted octanol–water partition coefficient (Wildman–Crippen LogP) is 3.34. The van der Waals surface area contributed by atoms with Gasteiger partial charge < -0.3 is 28.8 Å². The summed E-state index contributed by atoms with van der Waals surface area (Å²) in [5, 5.41) is 2.75. The van der Waals surface area contributed by atoms with E-state index in [9.17, 15) is 9.59 Å². The lowest BCUT2D eigenvalue weighted by Gasteiger charge is -2.16. The number of hydrogen-bond donors (Lipinski definition) is 1. The normalized spacial score (nSPS) is 10.8. The zero-order valence-electron chi connectivity index (χ0n) is 19.0. The summed E-state index contributed by atoms with van der Waals surface area (Å²) < 4.78 is 23.0. The number of nitrogens with one attached hydrogen (secondary N) is 1. The van der Waals surface area contributed by atoms with Crippen molar-refractivity contribution < 1.29 is 23.7 Å². The summed E-state index contributed by atoms with van der Waals surface area (Å²) in [6.45, 7) is 4.71. The minimum Gasteiger partial charge on any atom is -0.493 e. The van der Waals surface area contributed by atoms with Gasteiger partial charge in [0.1, 0.15) is 11.1 Å². The van der Waals surface area contributed by atoms with E-state index in [-0.39, 0.29) is 17.0 Å². The summed E-state index contributed by atoms with van der Waals surface area (Å²) in [4.78, 5) is 30.6. The molecule has 32 heavy (non-hydrogen) atoms. The molecule has 0 radical (unpaired) electrons. The molecular weight excluding hydrogens is 414 g/mol. The van der Waals surface area contributed by atoms with Gasteiger partial charge in [-0.3, -0.25) is 9.59 Å². The lowest BCUT2D eigenvalue weighted by molar-refractivity contribution is 0.102. The Kier molecular flexibility index (Phi) is 6.87. The number of methoxy groups -OCH3 is 4. The molecule has 170 valence electrons. The molecule has 0 spiro atoms. The summed E-state index contributed by atoms with van der Waals surface area (Å²) in [5.41, 5.74) is 0.672. The zero-order chi connectivity index (χ0) is 23.4. The summed E-state index contributed by atoms with van der Waals surface area (Å²) in [7, 11) is 5.93. The molecule has 0 saturated heterocycles. The number of aromatic nitrogens is 2. The van der Waals surface area contributed by atoms with Crippen LogP contribution in [0.15, 0.2) is 35.3 Å². The van der Waals surface area contributed by atoms with Gasteiger partial charge >= 0.3 is 0 Å². The average Bonchev–Trinajstić information content (AvgIpc) is 2.79. The van der Waals surface area contributed by atoms with Crippen molar-refractivity contribution in [1.82, 2.24) is 9.55 Å². The predicted molar refractivity (Wildman–Crippen MR) is 121 cm³/mol. The highest BCUT2D eigenvalue weighted by Crippen LogP contribution is 2.40. The number of carbonyl (C=O) groups is 1. The van der Waals surface area contributed by atoms with Crippen LogP contribution in [0.5, 0.6) is 23.1 Å². The van der Waals surface area contributed by atoms with E-state index in [2.05, 4.69) is 24.1 Å². The van der Waals surface area contributed by atoms with Crippen molar-refractivity contribution in [1.29, 1.82) is 0 Å². The van der Waals surface area contributed by atoms with Crippen molar-refractivity contribution in [2.75, 3.05) is 33.8 Å². The van der Waals surface area contributed by atoms with Crippen LogP contribution in [-0.4, -0.2) is 43.9 Å². The number of carbonyl (C=O) groups excluding carboxylic acids is 1. The Balaban J connectivity index is 2.10. The fourth-order valence-electron chi connectivity index (χ4n) is 3.42. The summed E-state index contributed by atoms with van der Waals surface area (Å²) in [6.07, 6.45) is 1.56. The molecule has 0 aliphatic carbocycles. The molecule has 2 aromatic heterocycles. The minimum atomic E-state index is -0.576. The largest absolute Gasteiger partial charge is 0.493 e. The molecule has 0 aliphatic heterocycles. The zero-order valence-corrected chi connectivity index (χ0v) is 19.0. The molecule has 9 nitrogen and oxygen atoms in total. The van der Waals surface area contributed by atoms with E-state index < -0.39 is 11.3 Å². The van der Waals surface area contributed by atoms with Crippen LogP contribution in [0.4, 0.5) is 5.69 Å². The Labute approximate surface area is 185 Å². The van der Waals surface area contributed by atoms with Gasteiger partial charge in [-0.05, 0) is 12.0 Å². The molecular formula is C23H27N3O6. The third-order valence-electron chi connectivity index (χ3n) is 4.84. The van der Waals surface area contributed by atoms with E-state index in [0.29, 0.717) is 40.9 Å². The molecule has 0 atom stereocenters. The maximum atomic E-state index is 13.2. The number of ether oxygens (including phenoxy) is 4. The molecule has 1 amide bonds. The third kappa shape index (κ3) is 4.46. The Morgan fingerprint density at radius 2 is 1.69 bits per heavy atom. The number of anilines is 1.